The molecule has 0 radical (unpaired) electrons. The van der Waals surface area contributed by atoms with Gasteiger partial charge in [0.25, 0.3) is 5.78 Å². The van der Waals surface area contributed by atoms with Crippen LogP contribution < -0.4 is 4.90 Å². The number of imidazole rings is 1. The quantitative estimate of drug-likeness (QED) is 0.756. The Kier molecular flexibility index (Phi) is 2.23. The SMILES string of the molecule is CN(C)c1nc2c([nH]1)C(=O)C(=O)C1=CCCC=C12. The number of nitrogens with one attached hydrogen (secondary N) is 1. The van der Waals surface area contributed by atoms with Crippen LogP contribution in [0, 0.1) is 0 Å². The van der Waals surface area contributed by atoms with Gasteiger partial charge >= 0.3 is 0 Å². The number of allylic oxidation sites excluding steroid dienone is 4. The van der Waals surface area contributed by atoms with Crippen molar-refractivity contribution >= 4 is 23.1 Å². The molecule has 0 spiro atoms. The zero-order valence-electron chi connectivity index (χ0n) is 10.3. The van der Waals surface area contributed by atoms with Gasteiger partial charge in [0.05, 0.1) is 0 Å². The number of H-pyrrole nitrogens is 1. The van der Waals surface area contributed by atoms with E-state index < -0.39 is 11.6 Å². The van der Waals surface area contributed by atoms with Crippen molar-refractivity contribution in [1.29, 1.82) is 0 Å². The van der Waals surface area contributed by atoms with Crippen molar-refractivity contribution in [3.63, 3.8) is 0 Å². The molecular weight excluding hydrogens is 230 g/mol. The standard InChI is InChI=1S/C13H13N3O2/c1-16(2)13-14-9-7-5-3-4-6-8(7)11(17)12(18)10(9)15-13/h5-6H,3-4H2,1-2H3,(H,14,15). The molecule has 0 saturated carbocycles. The highest BCUT2D eigenvalue weighted by Gasteiger charge is 2.36. The Labute approximate surface area is 104 Å². The Morgan fingerprint density at radius 3 is 2.44 bits per heavy atom. The largest absolute Gasteiger partial charge is 0.349 e. The number of carbonyl (C=O) groups excluding carboxylic acids is 2. The van der Waals surface area contributed by atoms with Gasteiger partial charge in [0.2, 0.25) is 11.7 Å². The summed E-state index contributed by atoms with van der Waals surface area (Å²) in [5, 5.41) is 0. The monoisotopic (exact) mass is 243 g/mol. The number of hydrogen-bond donors (Lipinski definition) is 1. The average Bonchev–Trinajstić information content (AvgIpc) is 2.81. The van der Waals surface area contributed by atoms with Crippen molar-refractivity contribution in [1.82, 2.24) is 9.97 Å². The van der Waals surface area contributed by atoms with Gasteiger partial charge in [0.1, 0.15) is 11.4 Å². The van der Waals surface area contributed by atoms with Crippen LogP contribution >= 0.6 is 0 Å². The number of ketones is 2. The summed E-state index contributed by atoms with van der Waals surface area (Å²) in [6.45, 7) is 0. The number of anilines is 1. The molecule has 0 amide bonds. The maximum absolute atomic E-state index is 12.0. The third-order valence-corrected chi connectivity index (χ3v) is 3.20. The van der Waals surface area contributed by atoms with E-state index in [1.165, 1.54) is 0 Å². The molecule has 1 N–H and O–H groups in total. The lowest BCUT2D eigenvalue weighted by molar-refractivity contribution is -0.111. The Morgan fingerprint density at radius 2 is 1.78 bits per heavy atom. The van der Waals surface area contributed by atoms with E-state index in [1.54, 1.807) is 4.90 Å². The fourth-order valence-corrected chi connectivity index (χ4v) is 2.28. The number of hydrogen-bond acceptors (Lipinski definition) is 4. The second-order valence-corrected chi connectivity index (χ2v) is 4.65. The number of rotatable bonds is 1. The second-order valence-electron chi connectivity index (χ2n) is 4.65. The molecule has 2 aliphatic rings. The fourth-order valence-electron chi connectivity index (χ4n) is 2.28. The first-order valence-corrected chi connectivity index (χ1v) is 5.87. The van der Waals surface area contributed by atoms with E-state index in [2.05, 4.69) is 9.97 Å². The number of aromatic amines is 1. The van der Waals surface area contributed by atoms with Crippen LogP contribution in [-0.2, 0) is 4.79 Å². The van der Waals surface area contributed by atoms with Crippen LogP contribution in [0.1, 0.15) is 29.0 Å². The molecule has 0 aliphatic heterocycles. The van der Waals surface area contributed by atoms with Gasteiger partial charge in [-0.3, -0.25) is 9.59 Å². The summed E-state index contributed by atoms with van der Waals surface area (Å²) in [5.74, 6) is -0.327. The van der Waals surface area contributed by atoms with E-state index in [0.29, 0.717) is 22.9 Å². The van der Waals surface area contributed by atoms with E-state index in [0.717, 1.165) is 18.4 Å². The predicted octanol–water partition coefficient (Wildman–Crippen LogP) is 1.34. The highest BCUT2D eigenvalue weighted by Crippen LogP contribution is 2.35. The fraction of sp³-hybridized carbons (Fsp3) is 0.308. The third-order valence-electron chi connectivity index (χ3n) is 3.20. The minimum absolute atomic E-state index is 0.314. The molecule has 18 heavy (non-hydrogen) atoms. The zero-order valence-corrected chi connectivity index (χ0v) is 10.3. The molecule has 5 nitrogen and oxygen atoms in total. The van der Waals surface area contributed by atoms with Crippen LogP contribution in [0.25, 0.3) is 5.57 Å². The van der Waals surface area contributed by atoms with Gasteiger partial charge in [0, 0.05) is 25.2 Å². The molecule has 2 aliphatic carbocycles. The lowest BCUT2D eigenvalue weighted by atomic mass is 9.84. The van der Waals surface area contributed by atoms with Crippen LogP contribution in [0.5, 0.6) is 0 Å². The summed E-state index contributed by atoms with van der Waals surface area (Å²) in [4.78, 5) is 33.1. The van der Waals surface area contributed by atoms with Gasteiger partial charge < -0.3 is 9.88 Å². The lowest BCUT2D eigenvalue weighted by Crippen LogP contribution is -2.25. The van der Waals surface area contributed by atoms with Crippen LogP contribution in [-0.4, -0.2) is 35.6 Å². The summed E-state index contributed by atoms with van der Waals surface area (Å²) in [7, 11) is 3.67. The Morgan fingerprint density at radius 1 is 1.11 bits per heavy atom. The molecule has 0 fully saturated rings. The first kappa shape index (κ1) is 11.0. The molecule has 1 heterocycles. The summed E-state index contributed by atoms with van der Waals surface area (Å²) < 4.78 is 0. The second kappa shape index (κ2) is 3.66. The summed E-state index contributed by atoms with van der Waals surface area (Å²) >= 11 is 0. The van der Waals surface area contributed by atoms with Crippen molar-refractivity contribution in [3.05, 3.63) is 29.1 Å². The Bertz CT molecular complexity index is 620. The van der Waals surface area contributed by atoms with Gasteiger partial charge in [0.15, 0.2) is 0 Å². The van der Waals surface area contributed by atoms with Crippen LogP contribution in [0.15, 0.2) is 17.7 Å². The van der Waals surface area contributed by atoms with E-state index in [-0.39, 0.29) is 0 Å². The highest BCUT2D eigenvalue weighted by atomic mass is 16.2. The summed E-state index contributed by atoms with van der Waals surface area (Å²) in [6, 6.07) is 0. The molecule has 0 unspecified atom stereocenters. The van der Waals surface area contributed by atoms with Crippen molar-refractivity contribution in [2.45, 2.75) is 12.8 Å². The van der Waals surface area contributed by atoms with Crippen molar-refractivity contribution in [3.8, 4) is 0 Å². The summed E-state index contributed by atoms with van der Waals surface area (Å²) in [5.41, 5.74) is 2.23. The smallest absolute Gasteiger partial charge is 0.251 e. The molecule has 1 aromatic rings. The number of aromatic nitrogens is 2. The maximum atomic E-state index is 12.0. The molecule has 92 valence electrons. The molecule has 3 rings (SSSR count). The normalized spacial score (nSPS) is 17.9. The lowest BCUT2D eigenvalue weighted by Gasteiger charge is -2.18. The van der Waals surface area contributed by atoms with E-state index in [9.17, 15) is 9.59 Å². The van der Waals surface area contributed by atoms with Gasteiger partial charge in [-0.15, -0.1) is 0 Å². The highest BCUT2D eigenvalue weighted by molar-refractivity contribution is 6.54. The van der Waals surface area contributed by atoms with Gasteiger partial charge in [-0.05, 0) is 12.8 Å². The first-order chi connectivity index (χ1) is 8.59. The number of fused-ring (bicyclic) bond motifs is 3. The molecule has 0 atom stereocenters. The Balaban J connectivity index is 2.23. The summed E-state index contributed by atoms with van der Waals surface area (Å²) in [6.07, 6.45) is 5.50. The van der Waals surface area contributed by atoms with E-state index >= 15 is 0 Å². The predicted molar refractivity (Wildman–Crippen MR) is 67.5 cm³/mol. The minimum atomic E-state index is -0.490. The zero-order chi connectivity index (χ0) is 12.9. The molecule has 1 aromatic heterocycles. The Hall–Kier alpha value is -2.17. The number of nitrogens with zero attached hydrogens (tertiary/aromatic N) is 2. The van der Waals surface area contributed by atoms with Gasteiger partial charge in [-0.2, -0.15) is 0 Å². The topological polar surface area (TPSA) is 66.1 Å². The molecule has 0 saturated heterocycles. The number of carbonyl (C=O) groups is 2. The van der Waals surface area contributed by atoms with Crippen LogP contribution in [0.3, 0.4) is 0 Å². The van der Waals surface area contributed by atoms with Crippen molar-refractivity contribution in [2.75, 3.05) is 19.0 Å². The van der Waals surface area contributed by atoms with E-state index in [1.807, 2.05) is 26.2 Å². The minimum Gasteiger partial charge on any atom is -0.349 e. The molecular formula is C13H13N3O2. The van der Waals surface area contributed by atoms with Gasteiger partial charge in [-0.1, -0.05) is 12.2 Å². The molecule has 0 aromatic carbocycles. The molecule has 5 heteroatoms. The van der Waals surface area contributed by atoms with Gasteiger partial charge in [-0.25, -0.2) is 4.98 Å². The van der Waals surface area contributed by atoms with Crippen LogP contribution in [0.2, 0.25) is 0 Å². The van der Waals surface area contributed by atoms with Crippen molar-refractivity contribution < 1.29 is 9.59 Å². The van der Waals surface area contributed by atoms with E-state index in [4.69, 9.17) is 0 Å². The first-order valence-electron chi connectivity index (χ1n) is 5.87. The third kappa shape index (κ3) is 1.37. The average molecular weight is 243 g/mol. The number of Topliss-reactive ketones (excluding diaryl/α,β-unsaturated/α-hetero) is 2. The van der Waals surface area contributed by atoms with Crippen LogP contribution in [0.4, 0.5) is 5.95 Å². The van der Waals surface area contributed by atoms with Crippen molar-refractivity contribution in [2.24, 2.45) is 0 Å². The maximum Gasteiger partial charge on any atom is 0.251 e. The molecule has 0 bridgehead atoms.